The van der Waals surface area contributed by atoms with Crippen molar-refractivity contribution in [1.82, 2.24) is 0 Å². The third-order valence-electron chi connectivity index (χ3n) is 3.43. The van der Waals surface area contributed by atoms with Crippen molar-refractivity contribution in [3.63, 3.8) is 0 Å². The number of alkyl halides is 1. The van der Waals surface area contributed by atoms with Gasteiger partial charge in [0.25, 0.3) is 0 Å². The van der Waals surface area contributed by atoms with E-state index in [1.165, 1.54) is 37.8 Å². The second kappa shape index (κ2) is 8.17. The second-order valence-corrected chi connectivity index (χ2v) is 5.53. The van der Waals surface area contributed by atoms with Crippen molar-refractivity contribution in [1.29, 1.82) is 0 Å². The van der Waals surface area contributed by atoms with Crippen LogP contribution < -0.4 is 4.74 Å². The Labute approximate surface area is 125 Å². The Kier molecular flexibility index (Phi) is 6.21. The molecule has 0 N–H and O–H groups in total. The molecule has 1 nitrogen and oxygen atoms in total. The molecule has 0 spiro atoms. The fraction of sp³-hybridized carbons (Fsp3) is 0.529. The second-order valence-electron chi connectivity index (χ2n) is 5.15. The Morgan fingerprint density at radius 2 is 1.90 bits per heavy atom. The van der Waals surface area contributed by atoms with Crippen LogP contribution in [0.5, 0.6) is 5.75 Å². The van der Waals surface area contributed by atoms with Gasteiger partial charge in [-0.05, 0) is 37.8 Å². The number of hydrogen-bond acceptors (Lipinski definition) is 1. The molecule has 0 amide bonds. The molecule has 1 aliphatic rings. The van der Waals surface area contributed by atoms with E-state index in [1.807, 2.05) is 6.07 Å². The quantitative estimate of drug-likeness (QED) is 0.437. The number of ether oxygens (including phenoxy) is 1. The molecule has 0 saturated heterocycles. The van der Waals surface area contributed by atoms with Crippen LogP contribution in [0.25, 0.3) is 0 Å². The largest absolute Gasteiger partial charge is 0.490 e. The molecule has 1 aromatic rings. The van der Waals surface area contributed by atoms with Gasteiger partial charge in [-0.15, -0.1) is 11.6 Å². The summed E-state index contributed by atoms with van der Waals surface area (Å²) in [5, 5.41) is 0. The first-order chi connectivity index (χ1) is 9.78. The van der Waals surface area contributed by atoms with E-state index in [-0.39, 0.29) is 11.9 Å². The Bertz CT molecular complexity index is 481. The lowest BCUT2D eigenvalue weighted by atomic mass is 10.1. The molecule has 108 valence electrons. The van der Waals surface area contributed by atoms with E-state index in [0.717, 1.165) is 12.8 Å². The first kappa shape index (κ1) is 15.2. The highest BCUT2D eigenvalue weighted by Crippen LogP contribution is 2.24. The predicted molar refractivity (Wildman–Crippen MR) is 80.7 cm³/mol. The third-order valence-corrected chi connectivity index (χ3v) is 3.62. The molecule has 1 aromatic carbocycles. The van der Waals surface area contributed by atoms with Crippen molar-refractivity contribution in [2.75, 3.05) is 5.88 Å². The molecule has 1 saturated carbocycles. The fourth-order valence-electron chi connectivity index (χ4n) is 2.47. The molecule has 2 rings (SSSR count). The van der Waals surface area contributed by atoms with Gasteiger partial charge in [0.1, 0.15) is 11.6 Å². The Morgan fingerprint density at radius 1 is 1.15 bits per heavy atom. The molecule has 1 aliphatic carbocycles. The topological polar surface area (TPSA) is 9.23 Å². The molecule has 0 heterocycles. The standard InChI is InChI=1S/C17H20ClFO/c18-10-6-5-7-14-11-15(19)13-17(12-14)20-16-8-3-1-2-4-9-16/h11-13,16H,1-4,6,8-10H2. The monoisotopic (exact) mass is 294 g/mol. The number of halogens is 2. The van der Waals surface area contributed by atoms with Gasteiger partial charge in [0.05, 0.1) is 6.10 Å². The number of benzene rings is 1. The van der Waals surface area contributed by atoms with Crippen LogP contribution in [0.3, 0.4) is 0 Å². The van der Waals surface area contributed by atoms with Crippen molar-refractivity contribution in [2.45, 2.75) is 51.0 Å². The minimum Gasteiger partial charge on any atom is -0.490 e. The fourth-order valence-corrected chi connectivity index (χ4v) is 2.56. The average Bonchev–Trinajstić information content (AvgIpc) is 2.67. The molecule has 0 unspecified atom stereocenters. The summed E-state index contributed by atoms with van der Waals surface area (Å²) in [4.78, 5) is 0. The zero-order valence-electron chi connectivity index (χ0n) is 11.6. The predicted octanol–water partition coefficient (Wildman–Crippen LogP) is 4.91. The van der Waals surface area contributed by atoms with E-state index in [2.05, 4.69) is 11.8 Å². The first-order valence-electron chi connectivity index (χ1n) is 7.30. The van der Waals surface area contributed by atoms with Crippen LogP contribution in [0.2, 0.25) is 0 Å². The highest BCUT2D eigenvalue weighted by molar-refractivity contribution is 6.18. The van der Waals surface area contributed by atoms with E-state index in [1.54, 1.807) is 0 Å². The third kappa shape index (κ3) is 5.06. The van der Waals surface area contributed by atoms with Crippen molar-refractivity contribution in [3.8, 4) is 17.6 Å². The van der Waals surface area contributed by atoms with Crippen LogP contribution in [0.1, 0.15) is 50.5 Å². The van der Waals surface area contributed by atoms with Gasteiger partial charge in [0.15, 0.2) is 0 Å². The molecule has 3 heteroatoms. The molecule has 0 aromatic heterocycles. The summed E-state index contributed by atoms with van der Waals surface area (Å²) in [6.07, 6.45) is 7.88. The SMILES string of the molecule is Fc1cc(C#CCCCl)cc(OC2CCCCCC2)c1. The van der Waals surface area contributed by atoms with Crippen molar-refractivity contribution < 1.29 is 9.13 Å². The Balaban J connectivity index is 2.05. The zero-order valence-corrected chi connectivity index (χ0v) is 12.4. The van der Waals surface area contributed by atoms with E-state index in [9.17, 15) is 4.39 Å². The van der Waals surface area contributed by atoms with Crippen LogP contribution in [-0.4, -0.2) is 12.0 Å². The molecule has 0 aliphatic heterocycles. The molecule has 0 atom stereocenters. The van der Waals surface area contributed by atoms with Gasteiger partial charge in [0.2, 0.25) is 0 Å². The maximum absolute atomic E-state index is 13.6. The van der Waals surface area contributed by atoms with E-state index in [4.69, 9.17) is 16.3 Å². The molecule has 1 fully saturated rings. The minimum atomic E-state index is -0.300. The highest BCUT2D eigenvalue weighted by atomic mass is 35.5. The van der Waals surface area contributed by atoms with Crippen molar-refractivity contribution >= 4 is 11.6 Å². The van der Waals surface area contributed by atoms with Crippen LogP contribution in [-0.2, 0) is 0 Å². The van der Waals surface area contributed by atoms with Crippen LogP contribution in [0.4, 0.5) is 4.39 Å². The maximum Gasteiger partial charge on any atom is 0.128 e. The summed E-state index contributed by atoms with van der Waals surface area (Å²) < 4.78 is 19.5. The average molecular weight is 295 g/mol. The summed E-state index contributed by atoms with van der Waals surface area (Å²) in [6.45, 7) is 0. The lowest BCUT2D eigenvalue weighted by molar-refractivity contribution is 0.183. The lowest BCUT2D eigenvalue weighted by Crippen LogP contribution is -2.15. The molecule has 0 radical (unpaired) electrons. The van der Waals surface area contributed by atoms with Gasteiger partial charge >= 0.3 is 0 Å². The van der Waals surface area contributed by atoms with Crippen molar-refractivity contribution in [3.05, 3.63) is 29.6 Å². The van der Waals surface area contributed by atoms with Gasteiger partial charge in [-0.25, -0.2) is 4.39 Å². The summed E-state index contributed by atoms with van der Waals surface area (Å²) in [7, 11) is 0. The lowest BCUT2D eigenvalue weighted by Gasteiger charge is -2.17. The first-order valence-corrected chi connectivity index (χ1v) is 7.83. The molecular weight excluding hydrogens is 275 g/mol. The normalized spacial score (nSPS) is 16.1. The van der Waals surface area contributed by atoms with Crippen molar-refractivity contribution in [2.24, 2.45) is 0 Å². The highest BCUT2D eigenvalue weighted by Gasteiger charge is 2.14. The van der Waals surface area contributed by atoms with E-state index >= 15 is 0 Å². The van der Waals surface area contributed by atoms with Gasteiger partial charge in [-0.1, -0.05) is 24.7 Å². The molecular formula is C17H20ClFO. The molecule has 0 bridgehead atoms. The maximum atomic E-state index is 13.6. The Morgan fingerprint density at radius 3 is 2.60 bits per heavy atom. The Hall–Kier alpha value is -1.20. The van der Waals surface area contributed by atoms with Gasteiger partial charge < -0.3 is 4.74 Å². The molecule has 20 heavy (non-hydrogen) atoms. The van der Waals surface area contributed by atoms with Crippen LogP contribution in [0, 0.1) is 17.7 Å². The number of rotatable bonds is 3. The summed E-state index contributed by atoms with van der Waals surface area (Å²) in [5.74, 6) is 6.62. The minimum absolute atomic E-state index is 0.211. The smallest absolute Gasteiger partial charge is 0.128 e. The van der Waals surface area contributed by atoms with E-state index < -0.39 is 0 Å². The summed E-state index contributed by atoms with van der Waals surface area (Å²) in [6, 6.07) is 4.69. The van der Waals surface area contributed by atoms with Gasteiger partial charge in [-0.3, -0.25) is 0 Å². The number of hydrogen-bond donors (Lipinski definition) is 0. The zero-order chi connectivity index (χ0) is 14.2. The summed E-state index contributed by atoms with van der Waals surface area (Å²) >= 11 is 5.57. The van der Waals surface area contributed by atoms with E-state index in [0.29, 0.717) is 23.6 Å². The van der Waals surface area contributed by atoms with Gasteiger partial charge in [-0.2, -0.15) is 0 Å². The van der Waals surface area contributed by atoms with Gasteiger partial charge in [0, 0.05) is 23.9 Å². The van der Waals surface area contributed by atoms with Crippen LogP contribution >= 0.6 is 11.6 Å². The van der Waals surface area contributed by atoms with Crippen LogP contribution in [0.15, 0.2) is 18.2 Å². The summed E-state index contributed by atoms with van der Waals surface area (Å²) in [5.41, 5.74) is 0.652.